The van der Waals surface area contributed by atoms with Crippen LogP contribution in [0.25, 0.3) is 0 Å². The minimum atomic E-state index is 0.601. The van der Waals surface area contributed by atoms with Crippen molar-refractivity contribution in [3.63, 3.8) is 0 Å². The second-order valence-electron chi connectivity index (χ2n) is 2.38. The summed E-state index contributed by atoms with van der Waals surface area (Å²) < 4.78 is 0. The second kappa shape index (κ2) is 3.40. The maximum atomic E-state index is 5.51. The number of hydrogen-bond acceptors (Lipinski definition) is 6. The molecule has 6 nitrogen and oxygen atoms in total. The van der Waals surface area contributed by atoms with Gasteiger partial charge in [-0.1, -0.05) is 11.3 Å². The van der Waals surface area contributed by atoms with Crippen molar-refractivity contribution >= 4 is 21.5 Å². The number of rotatable bonds is 3. The van der Waals surface area contributed by atoms with Gasteiger partial charge in [0, 0.05) is 0 Å². The number of aromatic amines is 1. The van der Waals surface area contributed by atoms with Crippen molar-refractivity contribution in [1.29, 1.82) is 0 Å². The Bertz CT molecular complexity index is 366. The SMILES string of the molecule is Nc1cnc(NCc2cn[nH]n2)s1. The molecule has 2 heterocycles. The molecule has 68 valence electrons. The highest BCUT2D eigenvalue weighted by molar-refractivity contribution is 7.19. The van der Waals surface area contributed by atoms with Crippen LogP contribution in [0.15, 0.2) is 12.4 Å². The molecule has 0 amide bonds. The molecular formula is C6H8N6S. The lowest BCUT2D eigenvalue weighted by atomic mass is 10.5. The molecular weight excluding hydrogens is 188 g/mol. The monoisotopic (exact) mass is 196 g/mol. The highest BCUT2D eigenvalue weighted by Crippen LogP contribution is 2.19. The van der Waals surface area contributed by atoms with Gasteiger partial charge in [-0.05, 0) is 0 Å². The molecule has 0 aliphatic rings. The fourth-order valence-corrected chi connectivity index (χ4v) is 1.42. The second-order valence-corrected chi connectivity index (χ2v) is 3.44. The first-order valence-corrected chi connectivity index (χ1v) is 4.46. The van der Waals surface area contributed by atoms with Gasteiger partial charge in [0.05, 0.1) is 18.9 Å². The first-order chi connectivity index (χ1) is 6.34. The van der Waals surface area contributed by atoms with Crippen molar-refractivity contribution in [1.82, 2.24) is 20.4 Å². The van der Waals surface area contributed by atoms with E-state index in [0.29, 0.717) is 11.5 Å². The van der Waals surface area contributed by atoms with Crippen LogP contribution in [0.1, 0.15) is 5.69 Å². The average Bonchev–Trinajstić information content (AvgIpc) is 2.71. The van der Waals surface area contributed by atoms with Crippen molar-refractivity contribution in [3.05, 3.63) is 18.1 Å². The number of aromatic nitrogens is 4. The van der Waals surface area contributed by atoms with Crippen LogP contribution in [-0.4, -0.2) is 20.4 Å². The van der Waals surface area contributed by atoms with Crippen molar-refractivity contribution in [2.45, 2.75) is 6.54 Å². The van der Waals surface area contributed by atoms with Crippen LogP contribution in [0.2, 0.25) is 0 Å². The van der Waals surface area contributed by atoms with E-state index >= 15 is 0 Å². The number of hydrogen-bond donors (Lipinski definition) is 3. The van der Waals surface area contributed by atoms with Gasteiger partial charge in [-0.25, -0.2) is 4.98 Å². The zero-order valence-electron chi connectivity index (χ0n) is 6.69. The van der Waals surface area contributed by atoms with Gasteiger partial charge in [0.1, 0.15) is 10.7 Å². The molecule has 0 atom stereocenters. The predicted octanol–water partition coefficient (Wildman–Crippen LogP) is 0.455. The molecule has 0 saturated carbocycles. The highest BCUT2D eigenvalue weighted by atomic mass is 32.1. The Morgan fingerprint density at radius 1 is 1.54 bits per heavy atom. The molecule has 2 aromatic heterocycles. The Labute approximate surface area is 78.2 Å². The summed E-state index contributed by atoms with van der Waals surface area (Å²) in [5.41, 5.74) is 6.35. The van der Waals surface area contributed by atoms with E-state index in [1.807, 2.05) is 0 Å². The van der Waals surface area contributed by atoms with E-state index < -0.39 is 0 Å². The maximum absolute atomic E-state index is 5.51. The number of nitrogens with zero attached hydrogens (tertiary/aromatic N) is 3. The molecule has 0 aliphatic heterocycles. The van der Waals surface area contributed by atoms with Gasteiger partial charge in [0.2, 0.25) is 0 Å². The Morgan fingerprint density at radius 2 is 2.46 bits per heavy atom. The summed E-state index contributed by atoms with van der Waals surface area (Å²) in [5.74, 6) is 0. The first kappa shape index (κ1) is 7.99. The van der Waals surface area contributed by atoms with E-state index in [4.69, 9.17) is 5.73 Å². The normalized spacial score (nSPS) is 10.2. The van der Waals surface area contributed by atoms with E-state index in [2.05, 4.69) is 25.7 Å². The fraction of sp³-hybridized carbons (Fsp3) is 0.167. The van der Waals surface area contributed by atoms with Crippen LogP contribution in [0.3, 0.4) is 0 Å². The van der Waals surface area contributed by atoms with Crippen LogP contribution in [0.5, 0.6) is 0 Å². The number of nitrogens with one attached hydrogen (secondary N) is 2. The summed E-state index contributed by atoms with van der Waals surface area (Å²) in [7, 11) is 0. The predicted molar refractivity (Wildman–Crippen MR) is 50.2 cm³/mol. The summed E-state index contributed by atoms with van der Waals surface area (Å²) in [6, 6.07) is 0. The Hall–Kier alpha value is -1.63. The van der Waals surface area contributed by atoms with Gasteiger partial charge < -0.3 is 11.1 Å². The van der Waals surface area contributed by atoms with Crippen LogP contribution in [0, 0.1) is 0 Å². The molecule has 0 radical (unpaired) electrons. The number of nitrogen functional groups attached to an aromatic ring is 1. The molecule has 0 bridgehead atoms. The van der Waals surface area contributed by atoms with E-state index in [9.17, 15) is 0 Å². The third-order valence-electron chi connectivity index (χ3n) is 1.41. The molecule has 0 aromatic carbocycles. The molecule has 0 saturated heterocycles. The Morgan fingerprint density at radius 3 is 3.08 bits per heavy atom. The maximum Gasteiger partial charge on any atom is 0.184 e. The minimum absolute atomic E-state index is 0.601. The third kappa shape index (κ3) is 1.94. The van der Waals surface area contributed by atoms with Crippen molar-refractivity contribution in [2.75, 3.05) is 11.1 Å². The lowest BCUT2D eigenvalue weighted by Crippen LogP contribution is -1.98. The van der Waals surface area contributed by atoms with Gasteiger partial charge >= 0.3 is 0 Å². The molecule has 0 aliphatic carbocycles. The third-order valence-corrected chi connectivity index (χ3v) is 2.19. The van der Waals surface area contributed by atoms with Gasteiger partial charge in [0.15, 0.2) is 5.13 Å². The zero-order valence-corrected chi connectivity index (χ0v) is 7.51. The molecule has 0 spiro atoms. The van der Waals surface area contributed by atoms with Crippen molar-refractivity contribution in [2.24, 2.45) is 0 Å². The van der Waals surface area contributed by atoms with E-state index in [1.54, 1.807) is 12.4 Å². The number of H-pyrrole nitrogens is 1. The topological polar surface area (TPSA) is 92.5 Å². The largest absolute Gasteiger partial charge is 0.389 e. The van der Waals surface area contributed by atoms with Gasteiger partial charge in [-0.3, -0.25) is 0 Å². The van der Waals surface area contributed by atoms with Crippen LogP contribution < -0.4 is 11.1 Å². The van der Waals surface area contributed by atoms with Gasteiger partial charge in [-0.2, -0.15) is 15.4 Å². The number of thiazole rings is 1. The highest BCUT2D eigenvalue weighted by Gasteiger charge is 1.99. The van der Waals surface area contributed by atoms with Crippen molar-refractivity contribution in [3.8, 4) is 0 Å². The molecule has 13 heavy (non-hydrogen) atoms. The van der Waals surface area contributed by atoms with Crippen LogP contribution >= 0.6 is 11.3 Å². The van der Waals surface area contributed by atoms with Crippen molar-refractivity contribution < 1.29 is 0 Å². The molecule has 0 unspecified atom stereocenters. The Kier molecular flexibility index (Phi) is 2.09. The summed E-state index contributed by atoms with van der Waals surface area (Å²) in [6.07, 6.45) is 3.28. The van der Waals surface area contributed by atoms with E-state index in [1.165, 1.54) is 11.3 Å². The van der Waals surface area contributed by atoms with Gasteiger partial charge in [-0.15, -0.1) is 0 Å². The summed E-state index contributed by atoms with van der Waals surface area (Å²) in [5, 5.41) is 14.7. The minimum Gasteiger partial charge on any atom is -0.389 e. The van der Waals surface area contributed by atoms with E-state index in [-0.39, 0.29) is 0 Å². The smallest absolute Gasteiger partial charge is 0.184 e. The molecule has 7 heteroatoms. The average molecular weight is 196 g/mol. The summed E-state index contributed by atoms with van der Waals surface area (Å²) in [6.45, 7) is 0.601. The lowest BCUT2D eigenvalue weighted by Gasteiger charge is -1.96. The molecule has 2 aromatic rings. The van der Waals surface area contributed by atoms with Crippen LogP contribution in [-0.2, 0) is 6.54 Å². The standard InChI is InChI=1S/C6H8N6S/c7-5-3-9-6(13-5)8-1-4-2-10-12-11-4/h2-3H,1,7H2,(H,8,9)(H,10,11,12). The zero-order chi connectivity index (χ0) is 9.10. The quantitative estimate of drug-likeness (QED) is 0.663. The molecule has 4 N–H and O–H groups in total. The van der Waals surface area contributed by atoms with Crippen LogP contribution in [0.4, 0.5) is 10.1 Å². The first-order valence-electron chi connectivity index (χ1n) is 3.64. The Balaban J connectivity index is 1.93. The fourth-order valence-electron chi connectivity index (χ4n) is 0.845. The van der Waals surface area contributed by atoms with E-state index in [0.717, 1.165) is 10.8 Å². The summed E-state index contributed by atoms with van der Waals surface area (Å²) >= 11 is 1.41. The lowest BCUT2D eigenvalue weighted by molar-refractivity contribution is 0.910. The summed E-state index contributed by atoms with van der Waals surface area (Å²) in [4.78, 5) is 4.04. The molecule has 0 fully saturated rings. The number of anilines is 2. The number of nitrogens with two attached hydrogens (primary N) is 1. The molecule has 2 rings (SSSR count). The van der Waals surface area contributed by atoms with Gasteiger partial charge in [0.25, 0.3) is 0 Å².